The first-order chi connectivity index (χ1) is 9.04. The summed E-state index contributed by atoms with van der Waals surface area (Å²) >= 11 is 0. The number of methoxy groups -OCH3 is 3. The van der Waals surface area contributed by atoms with E-state index in [0.717, 1.165) is 6.42 Å². The zero-order valence-corrected chi connectivity index (χ0v) is 12.3. The van der Waals surface area contributed by atoms with Gasteiger partial charge in [-0.05, 0) is 24.5 Å². The molecule has 0 unspecified atom stereocenters. The molecule has 0 bridgehead atoms. The molecule has 0 aliphatic carbocycles. The maximum absolute atomic E-state index is 12.2. The van der Waals surface area contributed by atoms with E-state index in [1.807, 2.05) is 0 Å². The lowest BCUT2D eigenvalue weighted by Gasteiger charge is -2.15. The number of carbonyl (C=O) groups is 1. The van der Waals surface area contributed by atoms with Gasteiger partial charge < -0.3 is 14.2 Å². The van der Waals surface area contributed by atoms with Gasteiger partial charge in [0.15, 0.2) is 17.3 Å². The molecule has 0 heterocycles. The quantitative estimate of drug-likeness (QED) is 0.710. The van der Waals surface area contributed by atoms with Crippen molar-refractivity contribution in [2.45, 2.75) is 26.7 Å². The Morgan fingerprint density at radius 2 is 1.68 bits per heavy atom. The Hall–Kier alpha value is -1.71. The molecular formula is C15H22O4. The summed E-state index contributed by atoms with van der Waals surface area (Å²) in [6.07, 6.45) is 1.36. The van der Waals surface area contributed by atoms with E-state index in [-0.39, 0.29) is 5.78 Å². The van der Waals surface area contributed by atoms with Crippen LogP contribution in [0.15, 0.2) is 12.1 Å². The molecule has 106 valence electrons. The Morgan fingerprint density at radius 3 is 2.16 bits per heavy atom. The molecule has 0 radical (unpaired) electrons. The van der Waals surface area contributed by atoms with Crippen molar-refractivity contribution in [2.24, 2.45) is 5.92 Å². The van der Waals surface area contributed by atoms with Crippen LogP contribution in [0.1, 0.15) is 37.0 Å². The summed E-state index contributed by atoms with van der Waals surface area (Å²) < 4.78 is 15.8. The SMILES string of the molecule is COc1ccc(C(=O)CCC(C)C)c(OC)c1OC. The average Bonchev–Trinajstić information content (AvgIpc) is 2.42. The topological polar surface area (TPSA) is 44.8 Å². The number of carbonyl (C=O) groups excluding carboxylic acids is 1. The van der Waals surface area contributed by atoms with Crippen molar-refractivity contribution in [3.63, 3.8) is 0 Å². The third kappa shape index (κ3) is 3.63. The van der Waals surface area contributed by atoms with Crippen LogP contribution in [0.3, 0.4) is 0 Å². The number of hydrogen-bond acceptors (Lipinski definition) is 4. The van der Waals surface area contributed by atoms with E-state index in [0.29, 0.717) is 35.2 Å². The first kappa shape index (κ1) is 15.3. The lowest BCUT2D eigenvalue weighted by Crippen LogP contribution is -2.06. The molecule has 1 aromatic carbocycles. The lowest BCUT2D eigenvalue weighted by molar-refractivity contribution is 0.0971. The van der Waals surface area contributed by atoms with E-state index in [4.69, 9.17) is 14.2 Å². The van der Waals surface area contributed by atoms with E-state index in [2.05, 4.69) is 13.8 Å². The second-order valence-electron chi connectivity index (χ2n) is 4.74. The van der Waals surface area contributed by atoms with Crippen LogP contribution in [0.5, 0.6) is 17.2 Å². The zero-order chi connectivity index (χ0) is 14.4. The van der Waals surface area contributed by atoms with Crippen molar-refractivity contribution >= 4 is 5.78 Å². The minimum Gasteiger partial charge on any atom is -0.493 e. The summed E-state index contributed by atoms with van der Waals surface area (Å²) in [7, 11) is 4.61. The standard InChI is InChI=1S/C15H22O4/c1-10(2)6-8-12(16)11-7-9-13(17-3)15(19-5)14(11)18-4/h7,9-10H,6,8H2,1-5H3. The van der Waals surface area contributed by atoms with Gasteiger partial charge in [0.1, 0.15) is 0 Å². The molecule has 0 N–H and O–H groups in total. The number of rotatable bonds is 7. The molecular weight excluding hydrogens is 244 g/mol. The van der Waals surface area contributed by atoms with Crippen molar-refractivity contribution in [1.29, 1.82) is 0 Å². The van der Waals surface area contributed by atoms with Crippen molar-refractivity contribution in [1.82, 2.24) is 0 Å². The van der Waals surface area contributed by atoms with E-state index in [9.17, 15) is 4.79 Å². The zero-order valence-electron chi connectivity index (χ0n) is 12.3. The van der Waals surface area contributed by atoms with E-state index in [1.165, 1.54) is 14.2 Å². The highest BCUT2D eigenvalue weighted by atomic mass is 16.5. The molecule has 0 fully saturated rings. The van der Waals surface area contributed by atoms with Gasteiger partial charge >= 0.3 is 0 Å². The minimum atomic E-state index is 0.0616. The van der Waals surface area contributed by atoms with Crippen molar-refractivity contribution in [2.75, 3.05) is 21.3 Å². The fraction of sp³-hybridized carbons (Fsp3) is 0.533. The summed E-state index contributed by atoms with van der Waals surface area (Å²) in [5.74, 6) is 2.01. The Balaban J connectivity index is 3.10. The van der Waals surface area contributed by atoms with Gasteiger partial charge in [0, 0.05) is 6.42 Å². The van der Waals surface area contributed by atoms with Crippen LogP contribution < -0.4 is 14.2 Å². The van der Waals surface area contributed by atoms with Crippen LogP contribution in [0.4, 0.5) is 0 Å². The van der Waals surface area contributed by atoms with Crippen LogP contribution in [-0.4, -0.2) is 27.1 Å². The van der Waals surface area contributed by atoms with Crippen LogP contribution in [0.2, 0.25) is 0 Å². The van der Waals surface area contributed by atoms with Crippen LogP contribution in [-0.2, 0) is 0 Å². The first-order valence-electron chi connectivity index (χ1n) is 6.37. The second-order valence-corrected chi connectivity index (χ2v) is 4.74. The molecule has 0 aliphatic heterocycles. The molecule has 0 saturated carbocycles. The average molecular weight is 266 g/mol. The number of ether oxygens (including phenoxy) is 3. The Labute approximate surface area is 114 Å². The van der Waals surface area contributed by atoms with Gasteiger partial charge in [-0.2, -0.15) is 0 Å². The molecule has 19 heavy (non-hydrogen) atoms. The summed E-state index contributed by atoms with van der Waals surface area (Å²) in [5.41, 5.74) is 0.542. The van der Waals surface area contributed by atoms with Crippen molar-refractivity contribution in [3.8, 4) is 17.2 Å². The number of ketones is 1. The number of benzene rings is 1. The fourth-order valence-electron chi connectivity index (χ4n) is 1.88. The van der Waals surface area contributed by atoms with Crippen molar-refractivity contribution < 1.29 is 19.0 Å². The molecule has 0 saturated heterocycles. The van der Waals surface area contributed by atoms with Gasteiger partial charge in [0.2, 0.25) is 5.75 Å². The third-order valence-electron chi connectivity index (χ3n) is 2.95. The van der Waals surface area contributed by atoms with Crippen LogP contribution >= 0.6 is 0 Å². The number of hydrogen-bond donors (Lipinski definition) is 0. The maximum atomic E-state index is 12.2. The van der Waals surface area contributed by atoms with Crippen LogP contribution in [0, 0.1) is 5.92 Å². The summed E-state index contributed by atoms with van der Waals surface area (Å²) in [6.45, 7) is 4.19. The highest BCUT2D eigenvalue weighted by Gasteiger charge is 2.20. The molecule has 1 rings (SSSR count). The monoisotopic (exact) mass is 266 g/mol. The largest absolute Gasteiger partial charge is 0.493 e. The normalized spacial score (nSPS) is 10.4. The van der Waals surface area contributed by atoms with Gasteiger partial charge in [-0.25, -0.2) is 0 Å². The highest BCUT2D eigenvalue weighted by Crippen LogP contribution is 2.40. The summed E-state index contributed by atoms with van der Waals surface area (Å²) in [5, 5.41) is 0. The Morgan fingerprint density at radius 1 is 1.05 bits per heavy atom. The van der Waals surface area contributed by atoms with E-state index in [1.54, 1.807) is 19.2 Å². The van der Waals surface area contributed by atoms with Gasteiger partial charge in [-0.15, -0.1) is 0 Å². The molecule has 0 aliphatic rings. The first-order valence-corrected chi connectivity index (χ1v) is 6.37. The van der Waals surface area contributed by atoms with Gasteiger partial charge in [0.05, 0.1) is 26.9 Å². The summed E-state index contributed by atoms with van der Waals surface area (Å²) in [6, 6.07) is 3.45. The molecule has 0 atom stereocenters. The molecule has 0 spiro atoms. The Bertz CT molecular complexity index is 438. The molecule has 0 amide bonds. The van der Waals surface area contributed by atoms with Gasteiger partial charge in [-0.1, -0.05) is 13.8 Å². The maximum Gasteiger partial charge on any atom is 0.204 e. The lowest BCUT2D eigenvalue weighted by atomic mass is 10.00. The van der Waals surface area contributed by atoms with Gasteiger partial charge in [0.25, 0.3) is 0 Å². The predicted molar refractivity (Wildman–Crippen MR) is 74.5 cm³/mol. The fourth-order valence-corrected chi connectivity index (χ4v) is 1.88. The molecule has 4 heteroatoms. The molecule has 0 aromatic heterocycles. The second kappa shape index (κ2) is 7.02. The number of Topliss-reactive ketones (excluding diaryl/α,β-unsaturated/α-hetero) is 1. The predicted octanol–water partition coefficient (Wildman–Crippen LogP) is 3.33. The highest BCUT2D eigenvalue weighted by molar-refractivity contribution is 5.99. The van der Waals surface area contributed by atoms with E-state index < -0.39 is 0 Å². The minimum absolute atomic E-state index is 0.0616. The van der Waals surface area contributed by atoms with Gasteiger partial charge in [-0.3, -0.25) is 4.79 Å². The summed E-state index contributed by atoms with van der Waals surface area (Å²) in [4.78, 5) is 12.2. The Kier molecular flexibility index (Phi) is 5.67. The smallest absolute Gasteiger partial charge is 0.204 e. The molecule has 1 aromatic rings. The van der Waals surface area contributed by atoms with Crippen LogP contribution in [0.25, 0.3) is 0 Å². The molecule has 4 nitrogen and oxygen atoms in total. The third-order valence-corrected chi connectivity index (χ3v) is 2.95. The van der Waals surface area contributed by atoms with E-state index >= 15 is 0 Å². The van der Waals surface area contributed by atoms with Crippen molar-refractivity contribution in [3.05, 3.63) is 17.7 Å².